The summed E-state index contributed by atoms with van der Waals surface area (Å²) in [6, 6.07) is 0. The maximum atomic E-state index is 12.0. The third kappa shape index (κ3) is 5.91. The zero-order valence-electron chi connectivity index (χ0n) is 11.0. The molecule has 16 heavy (non-hydrogen) atoms. The Bertz CT molecular complexity index is 218. The van der Waals surface area contributed by atoms with Gasteiger partial charge in [-0.3, -0.25) is 4.79 Å². The van der Waals surface area contributed by atoms with E-state index in [9.17, 15) is 4.79 Å². The van der Waals surface area contributed by atoms with Crippen LogP contribution in [-0.4, -0.2) is 29.4 Å². The quantitative estimate of drug-likeness (QED) is 0.535. The van der Waals surface area contributed by atoms with Crippen LogP contribution in [0.3, 0.4) is 0 Å². The van der Waals surface area contributed by atoms with Crippen LogP contribution in [-0.2, 0) is 4.79 Å². The molecule has 0 atom stereocenters. The molecule has 3 nitrogen and oxygen atoms in total. The lowest BCUT2D eigenvalue weighted by Crippen LogP contribution is -2.45. The zero-order chi connectivity index (χ0) is 12.6. The lowest BCUT2D eigenvalue weighted by molar-refractivity contribution is -0.135. The van der Waals surface area contributed by atoms with Crippen molar-refractivity contribution in [3.8, 4) is 0 Å². The molecule has 0 rings (SSSR count). The van der Waals surface area contributed by atoms with Crippen molar-refractivity contribution in [2.45, 2.75) is 52.0 Å². The summed E-state index contributed by atoms with van der Waals surface area (Å²) in [5.41, 5.74) is 5.29. The first-order valence-corrected chi connectivity index (χ1v) is 6.05. The lowest BCUT2D eigenvalue weighted by atomic mass is 10.0. The first-order valence-electron chi connectivity index (χ1n) is 6.05. The Balaban J connectivity index is 4.13. The number of rotatable bonds is 7. The summed E-state index contributed by atoms with van der Waals surface area (Å²) in [6.45, 7) is 11.2. The Morgan fingerprint density at radius 1 is 1.31 bits per heavy atom. The minimum atomic E-state index is -0.126. The van der Waals surface area contributed by atoms with Crippen molar-refractivity contribution in [3.05, 3.63) is 12.7 Å². The molecule has 0 heterocycles. The van der Waals surface area contributed by atoms with Crippen LogP contribution >= 0.6 is 0 Å². The fraction of sp³-hybridized carbons (Fsp3) is 0.769. The molecule has 0 aliphatic rings. The summed E-state index contributed by atoms with van der Waals surface area (Å²) in [7, 11) is 0. The highest BCUT2D eigenvalue weighted by atomic mass is 16.2. The molecule has 0 aliphatic carbocycles. The van der Waals surface area contributed by atoms with Crippen LogP contribution in [0, 0.1) is 0 Å². The van der Waals surface area contributed by atoms with E-state index >= 15 is 0 Å². The molecule has 0 aromatic carbocycles. The number of nitrogens with two attached hydrogens (primary N) is 1. The molecule has 0 aromatic heterocycles. The van der Waals surface area contributed by atoms with Gasteiger partial charge in [0.15, 0.2) is 0 Å². The van der Waals surface area contributed by atoms with E-state index in [2.05, 4.69) is 6.58 Å². The number of carbonyl (C=O) groups excluding carboxylic acids is 1. The standard InChI is InChI=1S/C13H26N2O/c1-5-11-15(13(2,3)4)12(16)9-7-6-8-10-14/h5H,1,6-11,14H2,2-4H3. The second-order valence-electron chi connectivity index (χ2n) is 5.06. The summed E-state index contributed by atoms with van der Waals surface area (Å²) in [4.78, 5) is 13.9. The van der Waals surface area contributed by atoms with Crippen molar-refractivity contribution in [1.29, 1.82) is 0 Å². The highest BCUT2D eigenvalue weighted by molar-refractivity contribution is 5.77. The zero-order valence-corrected chi connectivity index (χ0v) is 11.0. The number of hydrogen-bond acceptors (Lipinski definition) is 2. The van der Waals surface area contributed by atoms with Crippen molar-refractivity contribution in [2.24, 2.45) is 5.73 Å². The Kier molecular flexibility index (Phi) is 7.06. The van der Waals surface area contributed by atoms with E-state index in [1.54, 1.807) is 6.08 Å². The second-order valence-corrected chi connectivity index (χ2v) is 5.06. The van der Waals surface area contributed by atoms with Gasteiger partial charge in [-0.25, -0.2) is 0 Å². The third-order valence-corrected chi connectivity index (χ3v) is 2.52. The van der Waals surface area contributed by atoms with Gasteiger partial charge in [-0.15, -0.1) is 6.58 Å². The molecule has 1 amide bonds. The molecular weight excluding hydrogens is 200 g/mol. The van der Waals surface area contributed by atoms with Crippen LogP contribution in [0.25, 0.3) is 0 Å². The summed E-state index contributed by atoms with van der Waals surface area (Å²) in [5, 5.41) is 0. The van der Waals surface area contributed by atoms with Gasteiger partial charge in [-0.05, 0) is 40.2 Å². The molecule has 0 saturated carbocycles. The van der Waals surface area contributed by atoms with E-state index in [1.165, 1.54) is 0 Å². The van der Waals surface area contributed by atoms with E-state index in [4.69, 9.17) is 5.73 Å². The number of unbranched alkanes of at least 4 members (excludes halogenated alkanes) is 2. The smallest absolute Gasteiger partial charge is 0.223 e. The van der Waals surface area contributed by atoms with Gasteiger partial charge < -0.3 is 10.6 Å². The molecule has 0 spiro atoms. The monoisotopic (exact) mass is 226 g/mol. The molecule has 0 aliphatic heterocycles. The number of hydrogen-bond donors (Lipinski definition) is 1. The molecule has 0 radical (unpaired) electrons. The van der Waals surface area contributed by atoms with Crippen LogP contribution in [0.15, 0.2) is 12.7 Å². The molecule has 2 N–H and O–H groups in total. The average molecular weight is 226 g/mol. The highest BCUT2D eigenvalue weighted by Crippen LogP contribution is 2.15. The lowest BCUT2D eigenvalue weighted by Gasteiger charge is -2.35. The highest BCUT2D eigenvalue weighted by Gasteiger charge is 2.24. The fourth-order valence-electron chi connectivity index (χ4n) is 1.61. The van der Waals surface area contributed by atoms with E-state index < -0.39 is 0 Å². The Hall–Kier alpha value is -0.830. The van der Waals surface area contributed by atoms with Gasteiger partial charge in [0.05, 0.1) is 0 Å². The van der Waals surface area contributed by atoms with Crippen LogP contribution < -0.4 is 5.73 Å². The third-order valence-electron chi connectivity index (χ3n) is 2.52. The van der Waals surface area contributed by atoms with Gasteiger partial charge in [0, 0.05) is 18.5 Å². The Morgan fingerprint density at radius 2 is 1.94 bits per heavy atom. The summed E-state index contributed by atoms with van der Waals surface area (Å²) < 4.78 is 0. The normalized spacial score (nSPS) is 11.2. The molecule has 94 valence electrons. The molecule has 0 unspecified atom stereocenters. The largest absolute Gasteiger partial charge is 0.334 e. The topological polar surface area (TPSA) is 46.3 Å². The van der Waals surface area contributed by atoms with E-state index in [1.807, 2.05) is 25.7 Å². The predicted molar refractivity (Wildman–Crippen MR) is 69.2 cm³/mol. The average Bonchev–Trinajstić information content (AvgIpc) is 2.19. The van der Waals surface area contributed by atoms with Gasteiger partial charge in [0.2, 0.25) is 5.91 Å². The van der Waals surface area contributed by atoms with E-state index in [0.29, 0.717) is 19.5 Å². The van der Waals surface area contributed by atoms with Crippen molar-refractivity contribution < 1.29 is 4.79 Å². The number of carbonyl (C=O) groups is 1. The number of amides is 1. The van der Waals surface area contributed by atoms with Crippen LogP contribution in [0.4, 0.5) is 0 Å². The molecule has 0 fully saturated rings. The van der Waals surface area contributed by atoms with Crippen LogP contribution in [0.2, 0.25) is 0 Å². The maximum Gasteiger partial charge on any atom is 0.223 e. The van der Waals surface area contributed by atoms with Crippen molar-refractivity contribution >= 4 is 5.91 Å². The van der Waals surface area contributed by atoms with Gasteiger partial charge in [0.25, 0.3) is 0 Å². The van der Waals surface area contributed by atoms with Crippen molar-refractivity contribution in [1.82, 2.24) is 4.90 Å². The molecule has 0 saturated heterocycles. The summed E-state index contributed by atoms with van der Waals surface area (Å²) in [6.07, 6.45) is 5.37. The van der Waals surface area contributed by atoms with Crippen molar-refractivity contribution in [3.63, 3.8) is 0 Å². The van der Waals surface area contributed by atoms with Crippen molar-refractivity contribution in [2.75, 3.05) is 13.1 Å². The summed E-state index contributed by atoms with van der Waals surface area (Å²) >= 11 is 0. The Labute approximate surface area is 99.7 Å². The maximum absolute atomic E-state index is 12.0. The molecular formula is C13H26N2O. The predicted octanol–water partition coefficient (Wildman–Crippen LogP) is 2.32. The fourth-order valence-corrected chi connectivity index (χ4v) is 1.61. The van der Waals surface area contributed by atoms with Crippen LogP contribution in [0.5, 0.6) is 0 Å². The first kappa shape index (κ1) is 15.2. The molecule has 0 bridgehead atoms. The second kappa shape index (κ2) is 7.44. The SMILES string of the molecule is C=CCN(C(=O)CCCCCN)C(C)(C)C. The first-order chi connectivity index (χ1) is 7.43. The molecule has 0 aromatic rings. The van der Waals surface area contributed by atoms with Gasteiger partial charge in [-0.1, -0.05) is 12.5 Å². The minimum absolute atomic E-state index is 0.126. The minimum Gasteiger partial charge on any atom is -0.334 e. The van der Waals surface area contributed by atoms with Gasteiger partial charge in [-0.2, -0.15) is 0 Å². The van der Waals surface area contributed by atoms with E-state index in [0.717, 1.165) is 19.3 Å². The van der Waals surface area contributed by atoms with Gasteiger partial charge >= 0.3 is 0 Å². The molecule has 3 heteroatoms. The number of nitrogens with zero attached hydrogens (tertiary/aromatic N) is 1. The van der Waals surface area contributed by atoms with E-state index in [-0.39, 0.29) is 11.4 Å². The Morgan fingerprint density at radius 3 is 2.38 bits per heavy atom. The van der Waals surface area contributed by atoms with Gasteiger partial charge in [0.1, 0.15) is 0 Å². The van der Waals surface area contributed by atoms with Crippen LogP contribution in [0.1, 0.15) is 46.5 Å². The summed E-state index contributed by atoms with van der Waals surface area (Å²) in [5.74, 6) is 0.212.